The van der Waals surface area contributed by atoms with E-state index in [0.29, 0.717) is 5.02 Å². The summed E-state index contributed by atoms with van der Waals surface area (Å²) in [6.07, 6.45) is 3.97. The van der Waals surface area contributed by atoms with Crippen molar-refractivity contribution in [2.24, 2.45) is 0 Å². The molecule has 0 radical (unpaired) electrons. The average molecular weight is 568 g/mol. The highest BCUT2D eigenvalue weighted by atomic mass is 35.5. The van der Waals surface area contributed by atoms with Gasteiger partial charge in [0.15, 0.2) is 0 Å². The first-order valence-corrected chi connectivity index (χ1v) is 15.0. The lowest BCUT2D eigenvalue weighted by Crippen LogP contribution is -2.52. The molecule has 1 aliphatic carbocycles. The van der Waals surface area contributed by atoms with Gasteiger partial charge >= 0.3 is 0 Å². The molecule has 1 N–H and O–H groups in total. The second-order valence-electron chi connectivity index (χ2n) is 9.93. The maximum Gasteiger partial charge on any atom is 0.264 e. The summed E-state index contributed by atoms with van der Waals surface area (Å²) in [7, 11) is -4.12. The van der Waals surface area contributed by atoms with Crippen molar-refractivity contribution in [1.29, 1.82) is 0 Å². The highest BCUT2D eigenvalue weighted by molar-refractivity contribution is 7.92. The number of benzene rings is 3. The van der Waals surface area contributed by atoms with E-state index in [-0.39, 0.29) is 29.1 Å². The van der Waals surface area contributed by atoms with Gasteiger partial charge in [0.05, 0.1) is 10.6 Å². The number of halogens is 1. The van der Waals surface area contributed by atoms with Crippen LogP contribution in [0.5, 0.6) is 0 Å². The van der Waals surface area contributed by atoms with Crippen LogP contribution >= 0.6 is 11.6 Å². The Morgan fingerprint density at radius 3 is 2.21 bits per heavy atom. The van der Waals surface area contributed by atoms with Gasteiger partial charge in [-0.2, -0.15) is 0 Å². The molecule has 7 nitrogen and oxygen atoms in total. The number of rotatable bonds is 10. The Balaban J connectivity index is 1.68. The van der Waals surface area contributed by atoms with Crippen molar-refractivity contribution in [3.05, 3.63) is 95.0 Å². The van der Waals surface area contributed by atoms with Crippen molar-refractivity contribution in [1.82, 2.24) is 10.2 Å². The highest BCUT2D eigenvalue weighted by Gasteiger charge is 2.33. The third-order valence-electron chi connectivity index (χ3n) is 7.12. The zero-order valence-electron chi connectivity index (χ0n) is 22.2. The van der Waals surface area contributed by atoms with E-state index >= 15 is 0 Å². The molecule has 39 heavy (non-hydrogen) atoms. The Hall–Kier alpha value is -3.36. The van der Waals surface area contributed by atoms with Crippen LogP contribution in [-0.2, 0) is 26.2 Å². The monoisotopic (exact) mass is 567 g/mol. The summed E-state index contributed by atoms with van der Waals surface area (Å²) in [5.41, 5.74) is 1.89. The molecule has 206 valence electrons. The Morgan fingerprint density at radius 1 is 0.974 bits per heavy atom. The zero-order chi connectivity index (χ0) is 28.0. The van der Waals surface area contributed by atoms with Crippen LogP contribution in [0.3, 0.4) is 0 Å². The Labute approximate surface area is 235 Å². The van der Waals surface area contributed by atoms with E-state index < -0.39 is 28.5 Å². The molecule has 9 heteroatoms. The summed E-state index contributed by atoms with van der Waals surface area (Å²) in [6.45, 7) is 3.17. The van der Waals surface area contributed by atoms with E-state index in [0.717, 1.165) is 41.1 Å². The van der Waals surface area contributed by atoms with E-state index in [4.69, 9.17) is 11.6 Å². The van der Waals surface area contributed by atoms with Crippen LogP contribution in [0.25, 0.3) is 0 Å². The maximum absolute atomic E-state index is 14.0. The number of aryl methyl sites for hydroxylation is 1. The Bertz CT molecular complexity index is 1390. The second-order valence-corrected chi connectivity index (χ2v) is 12.2. The molecule has 1 fully saturated rings. The van der Waals surface area contributed by atoms with Crippen LogP contribution in [0, 0.1) is 6.92 Å². The van der Waals surface area contributed by atoms with Gasteiger partial charge in [-0.3, -0.25) is 13.9 Å². The standard InChI is InChI=1S/C30H34ClN3O4S/c1-22-17-18-26(19-28(22)31)34(39(37,38)27-15-7-4-8-16-27)21-29(35)33(20-24-11-5-3-6-12-24)23(2)30(36)32-25-13-9-10-14-25/h3-8,11-12,15-19,23,25H,9-10,13-14,20-21H2,1-2H3,(H,32,36)/t23-/m0/s1. The number of nitrogens with one attached hydrogen (secondary N) is 1. The van der Waals surface area contributed by atoms with E-state index in [1.54, 1.807) is 43.3 Å². The van der Waals surface area contributed by atoms with Crippen LogP contribution in [-0.4, -0.2) is 43.8 Å². The Morgan fingerprint density at radius 2 is 1.59 bits per heavy atom. The minimum absolute atomic E-state index is 0.0520. The van der Waals surface area contributed by atoms with Crippen LogP contribution in [0.15, 0.2) is 83.8 Å². The molecule has 1 saturated carbocycles. The van der Waals surface area contributed by atoms with Gasteiger partial charge in [0.2, 0.25) is 11.8 Å². The summed E-state index contributed by atoms with van der Waals surface area (Å²) in [4.78, 5) is 28.7. The van der Waals surface area contributed by atoms with E-state index in [2.05, 4.69) is 5.32 Å². The van der Waals surface area contributed by atoms with Gasteiger partial charge in [0.1, 0.15) is 12.6 Å². The van der Waals surface area contributed by atoms with Gasteiger partial charge in [-0.1, -0.05) is 79.0 Å². The predicted octanol–water partition coefficient (Wildman–Crippen LogP) is 5.32. The fourth-order valence-electron chi connectivity index (χ4n) is 4.74. The van der Waals surface area contributed by atoms with Crippen molar-refractivity contribution >= 4 is 39.1 Å². The van der Waals surface area contributed by atoms with Gasteiger partial charge in [-0.15, -0.1) is 0 Å². The molecule has 0 unspecified atom stereocenters. The summed E-state index contributed by atoms with van der Waals surface area (Å²) in [5.74, 6) is -0.744. The van der Waals surface area contributed by atoms with E-state index in [1.165, 1.54) is 17.0 Å². The number of amides is 2. The van der Waals surface area contributed by atoms with Crippen LogP contribution < -0.4 is 9.62 Å². The molecular formula is C30H34ClN3O4S. The third-order valence-corrected chi connectivity index (χ3v) is 9.31. The predicted molar refractivity (Wildman–Crippen MR) is 154 cm³/mol. The van der Waals surface area contributed by atoms with Gasteiger partial charge in [-0.05, 0) is 62.1 Å². The van der Waals surface area contributed by atoms with E-state index in [9.17, 15) is 18.0 Å². The summed E-state index contributed by atoms with van der Waals surface area (Å²) in [6, 6.07) is 21.5. The molecule has 0 aromatic heterocycles. The van der Waals surface area contributed by atoms with Crippen molar-refractivity contribution in [3.63, 3.8) is 0 Å². The molecule has 0 bridgehead atoms. The van der Waals surface area contributed by atoms with Crippen molar-refractivity contribution in [2.45, 2.75) is 63.1 Å². The molecule has 0 spiro atoms. The summed E-state index contributed by atoms with van der Waals surface area (Å²) >= 11 is 6.36. The van der Waals surface area contributed by atoms with Crippen molar-refractivity contribution < 1.29 is 18.0 Å². The number of hydrogen-bond acceptors (Lipinski definition) is 4. The van der Waals surface area contributed by atoms with Crippen LogP contribution in [0.1, 0.15) is 43.7 Å². The average Bonchev–Trinajstić information content (AvgIpc) is 3.45. The van der Waals surface area contributed by atoms with Crippen molar-refractivity contribution in [2.75, 3.05) is 10.8 Å². The first-order chi connectivity index (χ1) is 18.7. The molecule has 3 aromatic carbocycles. The van der Waals surface area contributed by atoms with Crippen molar-refractivity contribution in [3.8, 4) is 0 Å². The van der Waals surface area contributed by atoms with Gasteiger partial charge < -0.3 is 10.2 Å². The number of carbonyl (C=O) groups is 2. The zero-order valence-corrected chi connectivity index (χ0v) is 23.8. The normalized spacial score (nSPS) is 14.5. The quantitative estimate of drug-likeness (QED) is 0.359. The fourth-order valence-corrected chi connectivity index (χ4v) is 6.34. The molecule has 0 aliphatic heterocycles. The first kappa shape index (κ1) is 28.6. The first-order valence-electron chi connectivity index (χ1n) is 13.1. The lowest BCUT2D eigenvalue weighted by atomic mass is 10.1. The maximum atomic E-state index is 14.0. The molecule has 1 aliphatic rings. The summed E-state index contributed by atoms with van der Waals surface area (Å²) < 4.78 is 28.7. The highest BCUT2D eigenvalue weighted by Crippen LogP contribution is 2.28. The number of anilines is 1. The molecule has 0 heterocycles. The molecule has 2 amide bonds. The van der Waals surface area contributed by atoms with Gasteiger partial charge in [0, 0.05) is 17.6 Å². The van der Waals surface area contributed by atoms with Gasteiger partial charge in [-0.25, -0.2) is 8.42 Å². The summed E-state index contributed by atoms with van der Waals surface area (Å²) in [5, 5.41) is 3.46. The van der Waals surface area contributed by atoms with E-state index in [1.807, 2.05) is 37.3 Å². The molecular weight excluding hydrogens is 534 g/mol. The lowest BCUT2D eigenvalue weighted by molar-refractivity contribution is -0.139. The Kier molecular flexibility index (Phi) is 9.30. The molecule has 1 atom stereocenters. The number of nitrogens with zero attached hydrogens (tertiary/aromatic N) is 2. The second kappa shape index (κ2) is 12.7. The molecule has 3 aromatic rings. The van der Waals surface area contributed by atoms with Gasteiger partial charge in [0.25, 0.3) is 10.0 Å². The number of sulfonamides is 1. The molecule has 4 rings (SSSR count). The largest absolute Gasteiger partial charge is 0.352 e. The fraction of sp³-hybridized carbons (Fsp3) is 0.333. The lowest BCUT2D eigenvalue weighted by Gasteiger charge is -2.32. The number of carbonyl (C=O) groups excluding carboxylic acids is 2. The smallest absolute Gasteiger partial charge is 0.264 e. The minimum Gasteiger partial charge on any atom is -0.352 e. The van der Waals surface area contributed by atoms with Crippen LogP contribution in [0.4, 0.5) is 5.69 Å². The molecule has 0 saturated heterocycles. The topological polar surface area (TPSA) is 86.8 Å². The van der Waals surface area contributed by atoms with Crippen LogP contribution in [0.2, 0.25) is 5.02 Å². The minimum atomic E-state index is -4.12. The third kappa shape index (κ3) is 6.99. The number of hydrogen-bond donors (Lipinski definition) is 1. The SMILES string of the molecule is Cc1ccc(N(CC(=O)N(Cc2ccccc2)[C@@H](C)C(=O)NC2CCCC2)S(=O)(=O)c2ccccc2)cc1Cl.